The van der Waals surface area contributed by atoms with Gasteiger partial charge in [-0.25, -0.2) is 0 Å². The van der Waals surface area contributed by atoms with Crippen LogP contribution in [-0.4, -0.2) is 17.2 Å². The summed E-state index contributed by atoms with van der Waals surface area (Å²) in [5, 5.41) is 7.44. The molecule has 1 aromatic carbocycles. The lowest BCUT2D eigenvalue weighted by molar-refractivity contribution is 0.329. The second-order valence-electron chi connectivity index (χ2n) is 5.38. The van der Waals surface area contributed by atoms with Crippen molar-refractivity contribution in [1.82, 2.24) is 15.5 Å². The van der Waals surface area contributed by atoms with E-state index in [4.69, 9.17) is 4.52 Å². The van der Waals surface area contributed by atoms with E-state index < -0.39 is 0 Å². The van der Waals surface area contributed by atoms with Gasteiger partial charge in [0.15, 0.2) is 5.82 Å². The van der Waals surface area contributed by atoms with Crippen molar-refractivity contribution in [2.75, 3.05) is 7.05 Å². The van der Waals surface area contributed by atoms with E-state index in [1.807, 2.05) is 7.05 Å². The van der Waals surface area contributed by atoms with Gasteiger partial charge in [0.25, 0.3) is 0 Å². The summed E-state index contributed by atoms with van der Waals surface area (Å²) in [7, 11) is 1.92. The molecular formula is C16H21N3O. The molecule has 4 nitrogen and oxygen atoms in total. The third-order valence-corrected chi connectivity index (χ3v) is 4.19. The lowest BCUT2D eigenvalue weighted by Gasteiger charge is -2.22. The molecular weight excluding hydrogens is 250 g/mol. The molecule has 4 heteroatoms. The third-order valence-electron chi connectivity index (χ3n) is 4.19. The fourth-order valence-corrected chi connectivity index (χ4v) is 3.05. The molecule has 2 atom stereocenters. The summed E-state index contributed by atoms with van der Waals surface area (Å²) in [6.45, 7) is 2.11. The molecule has 0 saturated heterocycles. The molecule has 106 valence electrons. The van der Waals surface area contributed by atoms with E-state index in [0.29, 0.717) is 5.89 Å². The summed E-state index contributed by atoms with van der Waals surface area (Å²) in [6.07, 6.45) is 4.39. The topological polar surface area (TPSA) is 51.0 Å². The molecule has 2 aromatic rings. The van der Waals surface area contributed by atoms with Crippen molar-refractivity contribution < 1.29 is 4.52 Å². The fraction of sp³-hybridized carbons (Fsp3) is 0.500. The van der Waals surface area contributed by atoms with Crippen molar-refractivity contribution in [1.29, 1.82) is 0 Å². The summed E-state index contributed by atoms with van der Waals surface area (Å²) in [5.74, 6) is 1.82. The highest BCUT2D eigenvalue weighted by molar-refractivity contribution is 5.36. The minimum Gasteiger partial charge on any atom is -0.338 e. The fourth-order valence-electron chi connectivity index (χ4n) is 3.05. The van der Waals surface area contributed by atoms with Crippen molar-refractivity contribution in [3.8, 4) is 0 Å². The molecule has 1 N–H and O–H groups in total. The number of hydrogen-bond donors (Lipinski definition) is 1. The van der Waals surface area contributed by atoms with Crippen molar-refractivity contribution in [3.05, 3.63) is 47.1 Å². The molecule has 1 aliphatic rings. The number of aryl methyl sites for hydroxylation is 1. The van der Waals surface area contributed by atoms with Gasteiger partial charge < -0.3 is 9.84 Å². The van der Waals surface area contributed by atoms with Crippen LogP contribution in [0, 0.1) is 0 Å². The predicted molar refractivity (Wildman–Crippen MR) is 77.6 cm³/mol. The summed E-state index contributed by atoms with van der Waals surface area (Å²) < 4.78 is 5.45. The number of aromatic nitrogens is 2. The highest BCUT2D eigenvalue weighted by Gasteiger charge is 2.26. The molecule has 20 heavy (non-hydrogen) atoms. The first-order valence-corrected chi connectivity index (χ1v) is 7.42. The lowest BCUT2D eigenvalue weighted by Crippen LogP contribution is -2.16. The molecule has 1 aliphatic carbocycles. The minimum absolute atomic E-state index is 0.148. The zero-order valence-electron chi connectivity index (χ0n) is 12.1. The van der Waals surface area contributed by atoms with Gasteiger partial charge in [-0.2, -0.15) is 4.98 Å². The van der Waals surface area contributed by atoms with Crippen LogP contribution in [0.25, 0.3) is 0 Å². The van der Waals surface area contributed by atoms with Crippen molar-refractivity contribution in [2.45, 2.75) is 44.6 Å². The number of hydrogen-bond acceptors (Lipinski definition) is 4. The molecule has 2 unspecified atom stereocenters. The predicted octanol–water partition coefficient (Wildman–Crippen LogP) is 3.21. The SMILES string of the molecule is CCC(NC)c1nc(C2CCCc3ccccc32)no1. The maximum atomic E-state index is 5.45. The molecule has 0 radical (unpaired) electrons. The van der Waals surface area contributed by atoms with Gasteiger partial charge in [-0.15, -0.1) is 0 Å². The van der Waals surface area contributed by atoms with Gasteiger partial charge in [-0.05, 0) is 43.9 Å². The average Bonchev–Trinajstić information content (AvgIpc) is 2.97. The van der Waals surface area contributed by atoms with E-state index in [1.54, 1.807) is 0 Å². The maximum absolute atomic E-state index is 5.45. The van der Waals surface area contributed by atoms with E-state index in [-0.39, 0.29) is 12.0 Å². The Morgan fingerprint density at radius 3 is 3.05 bits per heavy atom. The van der Waals surface area contributed by atoms with Crippen molar-refractivity contribution >= 4 is 0 Å². The van der Waals surface area contributed by atoms with Crippen LogP contribution >= 0.6 is 0 Å². The van der Waals surface area contributed by atoms with Crippen LogP contribution in [0.15, 0.2) is 28.8 Å². The number of rotatable bonds is 4. The Kier molecular flexibility index (Phi) is 3.83. The van der Waals surface area contributed by atoms with Gasteiger partial charge in [-0.1, -0.05) is 36.3 Å². The highest BCUT2D eigenvalue weighted by atomic mass is 16.5. The van der Waals surface area contributed by atoms with Crippen LogP contribution in [0.3, 0.4) is 0 Å². The Balaban J connectivity index is 1.91. The Labute approximate surface area is 119 Å². The van der Waals surface area contributed by atoms with Crippen LogP contribution in [-0.2, 0) is 6.42 Å². The average molecular weight is 271 g/mol. The summed E-state index contributed by atoms with van der Waals surface area (Å²) in [5.41, 5.74) is 2.79. The van der Waals surface area contributed by atoms with Crippen LogP contribution in [0.2, 0.25) is 0 Å². The van der Waals surface area contributed by atoms with Gasteiger partial charge >= 0.3 is 0 Å². The molecule has 1 aromatic heterocycles. The molecule has 0 saturated carbocycles. The Morgan fingerprint density at radius 1 is 1.40 bits per heavy atom. The largest absolute Gasteiger partial charge is 0.338 e. The second kappa shape index (κ2) is 5.75. The van der Waals surface area contributed by atoms with Crippen LogP contribution < -0.4 is 5.32 Å². The monoisotopic (exact) mass is 271 g/mol. The van der Waals surface area contributed by atoms with Gasteiger partial charge in [0.05, 0.1) is 6.04 Å². The van der Waals surface area contributed by atoms with E-state index >= 15 is 0 Å². The first kappa shape index (κ1) is 13.3. The Morgan fingerprint density at radius 2 is 2.25 bits per heavy atom. The summed E-state index contributed by atoms with van der Waals surface area (Å²) >= 11 is 0. The minimum atomic E-state index is 0.148. The first-order valence-electron chi connectivity index (χ1n) is 7.42. The highest BCUT2D eigenvalue weighted by Crippen LogP contribution is 2.35. The quantitative estimate of drug-likeness (QED) is 0.927. The molecule has 3 rings (SSSR count). The zero-order valence-corrected chi connectivity index (χ0v) is 12.1. The molecule has 0 spiro atoms. The van der Waals surface area contributed by atoms with E-state index in [1.165, 1.54) is 17.5 Å². The maximum Gasteiger partial charge on any atom is 0.243 e. The summed E-state index contributed by atoms with van der Waals surface area (Å²) in [6, 6.07) is 8.77. The van der Waals surface area contributed by atoms with Gasteiger partial charge in [-0.3, -0.25) is 0 Å². The zero-order chi connectivity index (χ0) is 13.9. The lowest BCUT2D eigenvalue weighted by atomic mass is 9.82. The van der Waals surface area contributed by atoms with E-state index in [2.05, 4.69) is 46.6 Å². The van der Waals surface area contributed by atoms with E-state index in [9.17, 15) is 0 Å². The van der Waals surface area contributed by atoms with Crippen LogP contribution in [0.5, 0.6) is 0 Å². The molecule has 0 amide bonds. The number of nitrogens with one attached hydrogen (secondary N) is 1. The molecule has 0 fully saturated rings. The first-order chi connectivity index (χ1) is 9.83. The molecule has 0 bridgehead atoms. The second-order valence-corrected chi connectivity index (χ2v) is 5.38. The number of fused-ring (bicyclic) bond motifs is 1. The normalized spacial score (nSPS) is 19.6. The van der Waals surface area contributed by atoms with Gasteiger partial charge in [0.2, 0.25) is 5.89 Å². The standard InChI is InChI=1S/C16H21N3O/c1-3-14(17-2)16-18-15(19-20-16)13-10-6-8-11-7-4-5-9-12(11)13/h4-5,7,9,13-14,17H,3,6,8,10H2,1-2H3. The van der Waals surface area contributed by atoms with Gasteiger partial charge in [0, 0.05) is 5.92 Å². The van der Waals surface area contributed by atoms with Gasteiger partial charge in [0.1, 0.15) is 0 Å². The van der Waals surface area contributed by atoms with E-state index in [0.717, 1.165) is 25.1 Å². The van der Waals surface area contributed by atoms with Crippen LogP contribution in [0.4, 0.5) is 0 Å². The number of nitrogens with zero attached hydrogens (tertiary/aromatic N) is 2. The summed E-state index contributed by atoms with van der Waals surface area (Å²) in [4.78, 5) is 4.63. The third kappa shape index (κ3) is 2.36. The molecule has 1 heterocycles. The number of benzene rings is 1. The Hall–Kier alpha value is -1.68. The molecule has 0 aliphatic heterocycles. The van der Waals surface area contributed by atoms with Crippen LogP contribution in [0.1, 0.15) is 61.0 Å². The Bertz CT molecular complexity index is 575. The smallest absolute Gasteiger partial charge is 0.243 e. The van der Waals surface area contributed by atoms with Crippen molar-refractivity contribution in [2.24, 2.45) is 0 Å². The van der Waals surface area contributed by atoms with Crippen molar-refractivity contribution in [3.63, 3.8) is 0 Å².